The first-order valence-corrected chi connectivity index (χ1v) is 4.11. The number of aromatic nitrogens is 3. The van der Waals surface area contributed by atoms with E-state index in [1.54, 1.807) is 12.5 Å². The lowest BCUT2D eigenvalue weighted by Gasteiger charge is -1.97. The van der Waals surface area contributed by atoms with Gasteiger partial charge in [0, 0.05) is 17.8 Å². The molecule has 2 aromatic heterocycles. The Morgan fingerprint density at radius 1 is 1.08 bits per heavy atom. The second kappa shape index (κ2) is 2.29. The number of hydrogen-bond acceptors (Lipinski definition) is 2. The molecular formula is C10H7N3. The van der Waals surface area contributed by atoms with Crippen LogP contribution in [0.2, 0.25) is 0 Å². The summed E-state index contributed by atoms with van der Waals surface area (Å²) in [5.41, 5.74) is 1.95. The molecule has 0 fully saturated rings. The molecule has 1 aromatic carbocycles. The summed E-state index contributed by atoms with van der Waals surface area (Å²) in [6, 6.07) is 8.00. The van der Waals surface area contributed by atoms with Crippen LogP contribution < -0.4 is 0 Å². The lowest BCUT2D eigenvalue weighted by molar-refractivity contribution is 1.12. The molecule has 0 spiro atoms. The Hall–Kier alpha value is -1.90. The van der Waals surface area contributed by atoms with Gasteiger partial charge in [-0.15, -0.1) is 0 Å². The van der Waals surface area contributed by atoms with Gasteiger partial charge in [0.25, 0.3) is 0 Å². The third kappa shape index (κ3) is 0.839. The summed E-state index contributed by atoms with van der Waals surface area (Å²) in [6.07, 6.45) is 5.46. The maximum atomic E-state index is 4.30. The fourth-order valence-electron chi connectivity index (χ4n) is 1.51. The summed E-state index contributed by atoms with van der Waals surface area (Å²) >= 11 is 0. The highest BCUT2D eigenvalue weighted by molar-refractivity contribution is 5.90. The van der Waals surface area contributed by atoms with Crippen LogP contribution in [0.25, 0.3) is 16.6 Å². The normalized spacial score (nSPS) is 11.1. The Morgan fingerprint density at radius 3 is 3.00 bits per heavy atom. The zero-order valence-electron chi connectivity index (χ0n) is 6.88. The summed E-state index contributed by atoms with van der Waals surface area (Å²) < 4.78 is 1.92. The molecule has 3 nitrogen and oxygen atoms in total. The first kappa shape index (κ1) is 6.60. The molecule has 0 aliphatic carbocycles. The smallest absolute Gasteiger partial charge is 0.147 e. The Kier molecular flexibility index (Phi) is 1.16. The van der Waals surface area contributed by atoms with E-state index in [1.807, 2.05) is 34.9 Å². The van der Waals surface area contributed by atoms with Crippen LogP contribution in [0.4, 0.5) is 0 Å². The van der Waals surface area contributed by atoms with E-state index < -0.39 is 0 Å². The number of nitrogens with zero attached hydrogens (tertiary/aromatic N) is 3. The van der Waals surface area contributed by atoms with Crippen molar-refractivity contribution in [1.29, 1.82) is 0 Å². The topological polar surface area (TPSA) is 30.2 Å². The van der Waals surface area contributed by atoms with Crippen LogP contribution in [0, 0.1) is 0 Å². The van der Waals surface area contributed by atoms with Gasteiger partial charge in [-0.05, 0) is 12.1 Å². The van der Waals surface area contributed by atoms with Gasteiger partial charge in [-0.25, -0.2) is 9.97 Å². The average Bonchev–Trinajstić information content (AvgIpc) is 2.65. The molecule has 3 rings (SSSR count). The van der Waals surface area contributed by atoms with Crippen molar-refractivity contribution in [3.05, 3.63) is 43.0 Å². The first-order valence-electron chi connectivity index (χ1n) is 4.11. The molecule has 0 saturated carbocycles. The summed E-state index contributed by atoms with van der Waals surface area (Å²) in [4.78, 5) is 8.57. The van der Waals surface area contributed by atoms with E-state index in [0.29, 0.717) is 0 Å². The quantitative estimate of drug-likeness (QED) is 0.514. The molecule has 2 heterocycles. The minimum Gasteiger partial charge on any atom is -0.290 e. The van der Waals surface area contributed by atoms with Crippen molar-refractivity contribution < 1.29 is 0 Å². The molecule has 0 saturated heterocycles. The highest BCUT2D eigenvalue weighted by Gasteiger charge is 1.99. The standard InChI is InChI=1S/C10H7N3/c1-2-4-9-8(3-1)10-11-5-6-13(10)7-12-9/h1-7H. The van der Waals surface area contributed by atoms with Crippen molar-refractivity contribution in [3.8, 4) is 0 Å². The van der Waals surface area contributed by atoms with Crippen LogP contribution in [-0.4, -0.2) is 14.4 Å². The summed E-state index contributed by atoms with van der Waals surface area (Å²) in [7, 11) is 0. The minimum absolute atomic E-state index is 0.964. The van der Waals surface area contributed by atoms with Gasteiger partial charge in [0.1, 0.15) is 12.0 Å². The van der Waals surface area contributed by atoms with Crippen molar-refractivity contribution in [2.24, 2.45) is 0 Å². The zero-order valence-corrected chi connectivity index (χ0v) is 6.88. The summed E-state index contributed by atoms with van der Waals surface area (Å²) in [6.45, 7) is 0. The van der Waals surface area contributed by atoms with Gasteiger partial charge < -0.3 is 0 Å². The highest BCUT2D eigenvalue weighted by atomic mass is 15.0. The van der Waals surface area contributed by atoms with Gasteiger partial charge in [-0.3, -0.25) is 4.40 Å². The monoisotopic (exact) mass is 169 g/mol. The van der Waals surface area contributed by atoms with Gasteiger partial charge in [-0.1, -0.05) is 12.1 Å². The fraction of sp³-hybridized carbons (Fsp3) is 0. The van der Waals surface area contributed by atoms with Crippen molar-refractivity contribution in [2.75, 3.05) is 0 Å². The molecule has 0 aliphatic heterocycles. The summed E-state index contributed by atoms with van der Waals surface area (Å²) in [5, 5.41) is 1.09. The fourth-order valence-corrected chi connectivity index (χ4v) is 1.51. The van der Waals surface area contributed by atoms with Crippen LogP contribution in [0.1, 0.15) is 0 Å². The van der Waals surface area contributed by atoms with Crippen LogP contribution in [0.5, 0.6) is 0 Å². The van der Waals surface area contributed by atoms with Gasteiger partial charge in [-0.2, -0.15) is 0 Å². The van der Waals surface area contributed by atoms with Gasteiger partial charge in [0.15, 0.2) is 0 Å². The second-order valence-electron chi connectivity index (χ2n) is 2.92. The number of para-hydroxylation sites is 1. The van der Waals surface area contributed by atoms with Crippen molar-refractivity contribution in [1.82, 2.24) is 14.4 Å². The lowest BCUT2D eigenvalue weighted by Crippen LogP contribution is -1.87. The molecule has 0 unspecified atom stereocenters. The summed E-state index contributed by atoms with van der Waals surface area (Å²) in [5.74, 6) is 0. The van der Waals surface area contributed by atoms with Gasteiger partial charge in [0.2, 0.25) is 0 Å². The number of benzene rings is 1. The predicted octanol–water partition coefficient (Wildman–Crippen LogP) is 1.88. The van der Waals surface area contributed by atoms with Crippen LogP contribution >= 0.6 is 0 Å². The maximum Gasteiger partial charge on any atom is 0.147 e. The third-order valence-electron chi connectivity index (χ3n) is 2.13. The first-order chi connectivity index (χ1) is 6.45. The van der Waals surface area contributed by atoms with Crippen LogP contribution in [0.15, 0.2) is 43.0 Å². The molecule has 0 N–H and O–H groups in total. The van der Waals surface area contributed by atoms with Crippen molar-refractivity contribution in [2.45, 2.75) is 0 Å². The maximum absolute atomic E-state index is 4.30. The molecule has 3 aromatic rings. The molecule has 0 atom stereocenters. The van der Waals surface area contributed by atoms with E-state index in [4.69, 9.17) is 0 Å². The molecule has 13 heavy (non-hydrogen) atoms. The van der Waals surface area contributed by atoms with Gasteiger partial charge in [0.05, 0.1) is 5.52 Å². The number of imidazole rings is 1. The van der Waals surface area contributed by atoms with Crippen molar-refractivity contribution >= 4 is 16.6 Å². The SMILES string of the molecule is c1ccc2c(c1)ncn1ccnc21. The third-order valence-corrected chi connectivity index (χ3v) is 2.13. The van der Waals surface area contributed by atoms with Crippen LogP contribution in [0.3, 0.4) is 0 Å². The number of fused-ring (bicyclic) bond motifs is 3. The Labute approximate surface area is 74.7 Å². The van der Waals surface area contributed by atoms with E-state index >= 15 is 0 Å². The van der Waals surface area contributed by atoms with E-state index in [2.05, 4.69) is 9.97 Å². The molecule has 0 amide bonds. The molecule has 62 valence electrons. The molecule has 0 bridgehead atoms. The van der Waals surface area contributed by atoms with Gasteiger partial charge >= 0.3 is 0 Å². The predicted molar refractivity (Wildman–Crippen MR) is 50.5 cm³/mol. The zero-order chi connectivity index (χ0) is 8.67. The number of hydrogen-bond donors (Lipinski definition) is 0. The molecule has 0 radical (unpaired) electrons. The number of rotatable bonds is 0. The molecule has 3 heteroatoms. The van der Waals surface area contributed by atoms with Crippen LogP contribution in [-0.2, 0) is 0 Å². The Morgan fingerprint density at radius 2 is 2.00 bits per heavy atom. The van der Waals surface area contributed by atoms with E-state index in [0.717, 1.165) is 16.6 Å². The second-order valence-corrected chi connectivity index (χ2v) is 2.92. The molecule has 0 aliphatic rings. The minimum atomic E-state index is 0.964. The lowest BCUT2D eigenvalue weighted by atomic mass is 10.2. The van der Waals surface area contributed by atoms with E-state index in [9.17, 15) is 0 Å². The Balaban J connectivity index is 2.65. The highest BCUT2D eigenvalue weighted by Crippen LogP contribution is 2.14. The average molecular weight is 169 g/mol. The molecular weight excluding hydrogens is 162 g/mol. The van der Waals surface area contributed by atoms with E-state index in [-0.39, 0.29) is 0 Å². The van der Waals surface area contributed by atoms with E-state index in [1.165, 1.54) is 0 Å². The van der Waals surface area contributed by atoms with Crippen molar-refractivity contribution in [3.63, 3.8) is 0 Å². The Bertz CT molecular complexity index is 568. The largest absolute Gasteiger partial charge is 0.290 e.